The van der Waals surface area contributed by atoms with E-state index in [9.17, 15) is 0 Å². The van der Waals surface area contributed by atoms with Crippen molar-refractivity contribution in [2.45, 2.75) is 13.3 Å². The predicted molar refractivity (Wildman–Crippen MR) is 67.9 cm³/mol. The molecule has 16 heavy (non-hydrogen) atoms. The molecule has 2 heterocycles. The molecule has 2 aromatic heterocycles. The van der Waals surface area contributed by atoms with Crippen molar-refractivity contribution in [2.75, 3.05) is 6.54 Å². The fourth-order valence-electron chi connectivity index (χ4n) is 1.40. The quantitative estimate of drug-likeness (QED) is 0.915. The molecule has 0 aliphatic heterocycles. The molecule has 5 heteroatoms. The maximum atomic E-state index is 5.79. The van der Waals surface area contributed by atoms with E-state index in [-0.39, 0.29) is 0 Å². The Morgan fingerprint density at radius 1 is 1.44 bits per heavy atom. The van der Waals surface area contributed by atoms with Crippen LogP contribution in [0.4, 0.5) is 0 Å². The van der Waals surface area contributed by atoms with Crippen LogP contribution in [0.15, 0.2) is 18.3 Å². The highest BCUT2D eigenvalue weighted by Crippen LogP contribution is 2.27. The number of thiazole rings is 1. The maximum Gasteiger partial charge on any atom is 0.142 e. The smallest absolute Gasteiger partial charge is 0.142 e. The van der Waals surface area contributed by atoms with E-state index in [1.165, 1.54) is 4.88 Å². The van der Waals surface area contributed by atoms with Crippen LogP contribution in [0.25, 0.3) is 10.7 Å². The summed E-state index contributed by atoms with van der Waals surface area (Å²) >= 11 is 7.44. The number of hydrogen-bond acceptors (Lipinski definition) is 4. The Balaban J connectivity index is 2.33. The summed E-state index contributed by atoms with van der Waals surface area (Å²) < 4.78 is 0. The van der Waals surface area contributed by atoms with E-state index in [0.717, 1.165) is 22.8 Å². The summed E-state index contributed by atoms with van der Waals surface area (Å²) in [5.41, 5.74) is 7.45. The molecule has 0 spiro atoms. The van der Waals surface area contributed by atoms with Crippen LogP contribution in [0.5, 0.6) is 0 Å². The van der Waals surface area contributed by atoms with Crippen LogP contribution in [0, 0.1) is 6.92 Å². The molecule has 0 aliphatic carbocycles. The third-order valence-electron chi connectivity index (χ3n) is 2.21. The van der Waals surface area contributed by atoms with Crippen LogP contribution >= 0.6 is 22.9 Å². The van der Waals surface area contributed by atoms with Gasteiger partial charge in [-0.3, -0.25) is 4.98 Å². The Kier molecular flexibility index (Phi) is 3.53. The zero-order valence-electron chi connectivity index (χ0n) is 8.90. The zero-order valence-corrected chi connectivity index (χ0v) is 10.5. The minimum Gasteiger partial charge on any atom is -0.330 e. The van der Waals surface area contributed by atoms with Gasteiger partial charge >= 0.3 is 0 Å². The lowest BCUT2D eigenvalue weighted by Crippen LogP contribution is -2.01. The Morgan fingerprint density at radius 3 is 2.88 bits per heavy atom. The third-order valence-corrected chi connectivity index (χ3v) is 3.67. The first-order valence-corrected chi connectivity index (χ1v) is 6.18. The molecule has 3 nitrogen and oxygen atoms in total. The molecule has 0 bridgehead atoms. The van der Waals surface area contributed by atoms with Gasteiger partial charge in [-0.1, -0.05) is 11.6 Å². The first-order chi connectivity index (χ1) is 7.70. The van der Waals surface area contributed by atoms with Gasteiger partial charge in [-0.05, 0) is 32.0 Å². The summed E-state index contributed by atoms with van der Waals surface area (Å²) in [6.07, 6.45) is 2.51. The Labute approximate surface area is 103 Å². The van der Waals surface area contributed by atoms with Gasteiger partial charge in [-0.15, -0.1) is 11.3 Å². The number of nitrogens with two attached hydrogens (primary N) is 1. The van der Waals surface area contributed by atoms with Crippen molar-refractivity contribution < 1.29 is 0 Å². The predicted octanol–water partition coefficient (Wildman–Crippen LogP) is 2.67. The van der Waals surface area contributed by atoms with Gasteiger partial charge in [0.15, 0.2) is 0 Å². The first-order valence-electron chi connectivity index (χ1n) is 4.99. The van der Waals surface area contributed by atoms with E-state index in [0.29, 0.717) is 11.6 Å². The lowest BCUT2D eigenvalue weighted by Gasteiger charge is -1.94. The van der Waals surface area contributed by atoms with Crippen molar-refractivity contribution in [3.8, 4) is 10.7 Å². The summed E-state index contributed by atoms with van der Waals surface area (Å²) in [6.45, 7) is 2.65. The summed E-state index contributed by atoms with van der Waals surface area (Å²) in [5, 5.41) is 1.57. The van der Waals surface area contributed by atoms with Gasteiger partial charge in [-0.25, -0.2) is 4.98 Å². The van der Waals surface area contributed by atoms with E-state index < -0.39 is 0 Å². The number of halogens is 1. The highest BCUT2D eigenvalue weighted by Gasteiger charge is 2.09. The monoisotopic (exact) mass is 253 g/mol. The number of hydrogen-bond donors (Lipinski definition) is 1. The van der Waals surface area contributed by atoms with Crippen LogP contribution in [0.1, 0.15) is 10.6 Å². The van der Waals surface area contributed by atoms with Gasteiger partial charge in [0.25, 0.3) is 0 Å². The maximum absolute atomic E-state index is 5.79. The van der Waals surface area contributed by atoms with Crippen LogP contribution in [-0.2, 0) is 6.42 Å². The van der Waals surface area contributed by atoms with Gasteiger partial charge in [0.05, 0.1) is 16.4 Å². The normalized spacial score (nSPS) is 10.7. The zero-order chi connectivity index (χ0) is 11.5. The molecule has 0 aromatic carbocycles. The number of aryl methyl sites for hydroxylation is 1. The molecule has 0 amide bonds. The average molecular weight is 254 g/mol. The van der Waals surface area contributed by atoms with E-state index in [1.54, 1.807) is 17.5 Å². The highest BCUT2D eigenvalue weighted by molar-refractivity contribution is 7.15. The standard InChI is InChI=1S/C11H12ClN3S/c1-7-10(4-5-13)16-11(15-7)9-3-2-8(12)6-14-9/h2-3,6H,4-5,13H2,1H3. The lowest BCUT2D eigenvalue weighted by atomic mass is 10.3. The fraction of sp³-hybridized carbons (Fsp3) is 0.273. The van der Waals surface area contributed by atoms with Crippen molar-refractivity contribution in [3.63, 3.8) is 0 Å². The summed E-state index contributed by atoms with van der Waals surface area (Å²) in [7, 11) is 0. The largest absolute Gasteiger partial charge is 0.330 e. The van der Waals surface area contributed by atoms with Crippen molar-refractivity contribution in [1.29, 1.82) is 0 Å². The highest BCUT2D eigenvalue weighted by atomic mass is 35.5. The molecular weight excluding hydrogens is 242 g/mol. The molecule has 84 valence electrons. The molecule has 0 radical (unpaired) electrons. The van der Waals surface area contributed by atoms with Gasteiger partial charge in [0.2, 0.25) is 0 Å². The molecule has 0 fully saturated rings. The van der Waals surface area contributed by atoms with Crippen LogP contribution in [0.3, 0.4) is 0 Å². The average Bonchev–Trinajstić information content (AvgIpc) is 2.62. The minimum absolute atomic E-state index is 0.638. The number of pyridine rings is 1. The van der Waals surface area contributed by atoms with Gasteiger partial charge in [-0.2, -0.15) is 0 Å². The van der Waals surface area contributed by atoms with Crippen LogP contribution in [-0.4, -0.2) is 16.5 Å². The second kappa shape index (κ2) is 4.91. The summed E-state index contributed by atoms with van der Waals surface area (Å²) in [6, 6.07) is 3.70. The molecular formula is C11H12ClN3S. The van der Waals surface area contributed by atoms with Gasteiger partial charge in [0, 0.05) is 11.1 Å². The van der Waals surface area contributed by atoms with Gasteiger partial charge in [0.1, 0.15) is 5.01 Å². The lowest BCUT2D eigenvalue weighted by molar-refractivity contribution is 0.970. The Morgan fingerprint density at radius 2 is 2.25 bits per heavy atom. The molecule has 2 aromatic rings. The summed E-state index contributed by atoms with van der Waals surface area (Å²) in [5.74, 6) is 0. The second-order valence-electron chi connectivity index (χ2n) is 3.43. The molecule has 0 unspecified atom stereocenters. The van der Waals surface area contributed by atoms with Crippen molar-refractivity contribution >= 4 is 22.9 Å². The Hall–Kier alpha value is -0.970. The molecule has 2 rings (SSSR count). The molecule has 0 saturated carbocycles. The fourth-order valence-corrected chi connectivity index (χ4v) is 2.57. The van der Waals surface area contributed by atoms with E-state index in [4.69, 9.17) is 17.3 Å². The third kappa shape index (κ3) is 2.40. The topological polar surface area (TPSA) is 51.8 Å². The van der Waals surface area contributed by atoms with E-state index in [1.807, 2.05) is 19.1 Å². The van der Waals surface area contributed by atoms with Crippen molar-refractivity contribution in [1.82, 2.24) is 9.97 Å². The molecule has 0 aliphatic rings. The van der Waals surface area contributed by atoms with Crippen molar-refractivity contribution in [2.24, 2.45) is 5.73 Å². The number of aromatic nitrogens is 2. The Bertz CT molecular complexity index is 478. The second-order valence-corrected chi connectivity index (χ2v) is 4.95. The van der Waals surface area contributed by atoms with E-state index in [2.05, 4.69) is 9.97 Å². The summed E-state index contributed by atoms with van der Waals surface area (Å²) in [4.78, 5) is 9.97. The SMILES string of the molecule is Cc1nc(-c2ccc(Cl)cn2)sc1CCN. The van der Waals surface area contributed by atoms with Gasteiger partial charge < -0.3 is 5.73 Å². The van der Waals surface area contributed by atoms with E-state index >= 15 is 0 Å². The molecule has 2 N–H and O–H groups in total. The minimum atomic E-state index is 0.638. The van der Waals surface area contributed by atoms with Crippen LogP contribution < -0.4 is 5.73 Å². The van der Waals surface area contributed by atoms with Crippen LogP contribution in [0.2, 0.25) is 5.02 Å². The molecule has 0 atom stereocenters. The number of rotatable bonds is 3. The van der Waals surface area contributed by atoms with Crippen molar-refractivity contribution in [3.05, 3.63) is 33.9 Å². The first kappa shape index (κ1) is 11.5. The molecule has 0 saturated heterocycles. The number of nitrogens with zero attached hydrogens (tertiary/aromatic N) is 2.